The smallest absolute Gasteiger partial charge is 0.306 e. The summed E-state index contributed by atoms with van der Waals surface area (Å²) in [4.78, 5) is 23.8. The first-order valence-electron chi connectivity index (χ1n) is 11.8. The minimum absolute atomic E-state index is 0.124. The quantitative estimate of drug-likeness (QED) is 0.160. The standard InChI is InChI=1S/C24H45O4/c1-4-7-9-11-13-15-18-23(25)27-21-20-22(17-6-3)28-24(26)19-16-14-12-10-8-5-2/h21-22H,4-20H2,1-3H3. The van der Waals surface area contributed by atoms with E-state index >= 15 is 0 Å². The van der Waals surface area contributed by atoms with Gasteiger partial charge in [0.15, 0.2) is 0 Å². The van der Waals surface area contributed by atoms with Gasteiger partial charge >= 0.3 is 11.9 Å². The van der Waals surface area contributed by atoms with E-state index in [1.54, 1.807) is 0 Å². The van der Waals surface area contributed by atoms with Gasteiger partial charge in [0.2, 0.25) is 0 Å². The number of carbonyl (C=O) groups is 2. The normalized spacial score (nSPS) is 12.0. The highest BCUT2D eigenvalue weighted by molar-refractivity contribution is 5.70. The SMILES string of the molecule is CCCCCCCCC(=O)O[CH]CC(CCC)OC(=O)CCCCCCCC. The van der Waals surface area contributed by atoms with Gasteiger partial charge in [0.1, 0.15) is 12.7 Å². The summed E-state index contributed by atoms with van der Waals surface area (Å²) < 4.78 is 10.8. The molecule has 165 valence electrons. The molecule has 0 aromatic heterocycles. The Balaban J connectivity index is 3.80. The van der Waals surface area contributed by atoms with Crippen molar-refractivity contribution in [1.82, 2.24) is 0 Å². The Morgan fingerprint density at radius 2 is 1.18 bits per heavy atom. The fraction of sp³-hybridized carbons (Fsp3) is 0.875. The summed E-state index contributed by atoms with van der Waals surface area (Å²) in [6.45, 7) is 8.00. The monoisotopic (exact) mass is 397 g/mol. The van der Waals surface area contributed by atoms with Crippen molar-refractivity contribution in [3.8, 4) is 0 Å². The van der Waals surface area contributed by atoms with Crippen LogP contribution in [-0.2, 0) is 19.1 Å². The lowest BCUT2D eigenvalue weighted by molar-refractivity contribution is -0.150. The summed E-state index contributed by atoms with van der Waals surface area (Å²) in [6.07, 6.45) is 16.9. The van der Waals surface area contributed by atoms with Gasteiger partial charge in [-0.15, -0.1) is 0 Å². The molecule has 0 rings (SSSR count). The van der Waals surface area contributed by atoms with Crippen LogP contribution in [0.5, 0.6) is 0 Å². The molecule has 0 heterocycles. The summed E-state index contributed by atoms with van der Waals surface area (Å²) in [5, 5.41) is 0. The zero-order valence-electron chi connectivity index (χ0n) is 18.8. The van der Waals surface area contributed by atoms with Crippen LogP contribution in [0.15, 0.2) is 0 Å². The molecule has 1 unspecified atom stereocenters. The molecule has 0 saturated carbocycles. The maximum atomic E-state index is 12.0. The molecule has 1 radical (unpaired) electrons. The van der Waals surface area contributed by atoms with Gasteiger partial charge in [-0.3, -0.25) is 9.59 Å². The number of unbranched alkanes of at least 4 members (excludes halogenated alkanes) is 10. The van der Waals surface area contributed by atoms with Crippen LogP contribution in [0.2, 0.25) is 0 Å². The van der Waals surface area contributed by atoms with Crippen molar-refractivity contribution in [1.29, 1.82) is 0 Å². The van der Waals surface area contributed by atoms with Crippen LogP contribution in [0.1, 0.15) is 130 Å². The molecule has 0 aliphatic heterocycles. The first kappa shape index (κ1) is 26.9. The summed E-state index contributed by atoms with van der Waals surface area (Å²) in [5.41, 5.74) is 0. The van der Waals surface area contributed by atoms with Gasteiger partial charge in [0, 0.05) is 19.3 Å². The van der Waals surface area contributed by atoms with E-state index in [-0.39, 0.29) is 18.0 Å². The minimum Gasteiger partial charge on any atom is -0.462 e. The lowest BCUT2D eigenvalue weighted by Crippen LogP contribution is -2.19. The first-order valence-corrected chi connectivity index (χ1v) is 11.8. The molecule has 4 heteroatoms. The van der Waals surface area contributed by atoms with Crippen LogP contribution in [-0.4, -0.2) is 18.0 Å². The number of esters is 2. The molecular formula is C24H45O4. The van der Waals surface area contributed by atoms with E-state index in [9.17, 15) is 9.59 Å². The molecule has 0 amide bonds. The first-order chi connectivity index (χ1) is 13.6. The average molecular weight is 398 g/mol. The second-order valence-corrected chi connectivity index (χ2v) is 7.83. The van der Waals surface area contributed by atoms with E-state index in [4.69, 9.17) is 9.47 Å². The summed E-state index contributed by atoms with van der Waals surface area (Å²) in [6, 6.07) is 0. The molecule has 1 atom stereocenters. The van der Waals surface area contributed by atoms with Crippen LogP contribution in [0.4, 0.5) is 0 Å². The van der Waals surface area contributed by atoms with Gasteiger partial charge in [-0.1, -0.05) is 91.4 Å². The molecule has 4 nitrogen and oxygen atoms in total. The molecule has 0 aromatic carbocycles. The zero-order valence-corrected chi connectivity index (χ0v) is 18.8. The van der Waals surface area contributed by atoms with Crippen molar-refractivity contribution in [3.63, 3.8) is 0 Å². The average Bonchev–Trinajstić information content (AvgIpc) is 2.67. The molecule has 0 spiro atoms. The molecule has 0 saturated heterocycles. The highest BCUT2D eigenvalue weighted by atomic mass is 16.6. The predicted octanol–water partition coefficient (Wildman–Crippen LogP) is 7.29. The summed E-state index contributed by atoms with van der Waals surface area (Å²) >= 11 is 0. The Hall–Kier alpha value is -1.06. The fourth-order valence-electron chi connectivity index (χ4n) is 3.20. The number of hydrogen-bond donors (Lipinski definition) is 0. The maximum absolute atomic E-state index is 12.0. The summed E-state index contributed by atoms with van der Waals surface area (Å²) in [7, 11) is 0. The second-order valence-electron chi connectivity index (χ2n) is 7.83. The van der Waals surface area contributed by atoms with E-state index in [0.717, 1.165) is 38.5 Å². The van der Waals surface area contributed by atoms with Crippen LogP contribution in [0.25, 0.3) is 0 Å². The van der Waals surface area contributed by atoms with Crippen LogP contribution in [0.3, 0.4) is 0 Å². The topological polar surface area (TPSA) is 52.6 Å². The molecule has 0 bridgehead atoms. The highest BCUT2D eigenvalue weighted by Crippen LogP contribution is 2.14. The predicted molar refractivity (Wildman–Crippen MR) is 116 cm³/mol. The number of hydrogen-bond acceptors (Lipinski definition) is 4. The van der Waals surface area contributed by atoms with E-state index < -0.39 is 0 Å². The van der Waals surface area contributed by atoms with Crippen LogP contribution in [0, 0.1) is 6.61 Å². The largest absolute Gasteiger partial charge is 0.462 e. The van der Waals surface area contributed by atoms with Crippen molar-refractivity contribution >= 4 is 11.9 Å². The van der Waals surface area contributed by atoms with Gasteiger partial charge < -0.3 is 9.47 Å². The van der Waals surface area contributed by atoms with E-state index in [2.05, 4.69) is 20.8 Å². The number of carbonyl (C=O) groups excluding carboxylic acids is 2. The number of ether oxygens (including phenoxy) is 2. The molecule has 0 fully saturated rings. The van der Waals surface area contributed by atoms with Crippen LogP contribution < -0.4 is 0 Å². The molecule has 0 N–H and O–H groups in total. The van der Waals surface area contributed by atoms with Crippen LogP contribution >= 0.6 is 0 Å². The van der Waals surface area contributed by atoms with Gasteiger partial charge in [-0.05, 0) is 19.3 Å². The Kier molecular flexibility index (Phi) is 19.9. The molecule has 0 aromatic rings. The maximum Gasteiger partial charge on any atom is 0.306 e. The van der Waals surface area contributed by atoms with Crippen molar-refractivity contribution in [2.75, 3.05) is 0 Å². The van der Waals surface area contributed by atoms with Crippen molar-refractivity contribution in [2.24, 2.45) is 0 Å². The van der Waals surface area contributed by atoms with Gasteiger partial charge in [0.25, 0.3) is 0 Å². The fourth-order valence-corrected chi connectivity index (χ4v) is 3.20. The van der Waals surface area contributed by atoms with Crippen molar-refractivity contribution in [3.05, 3.63) is 6.61 Å². The highest BCUT2D eigenvalue weighted by Gasteiger charge is 2.15. The van der Waals surface area contributed by atoms with E-state index in [0.29, 0.717) is 19.3 Å². The second kappa shape index (κ2) is 20.7. The lowest BCUT2D eigenvalue weighted by Gasteiger charge is -2.17. The number of rotatable bonds is 20. The Morgan fingerprint density at radius 1 is 0.679 bits per heavy atom. The molecule has 0 aliphatic rings. The van der Waals surface area contributed by atoms with Gasteiger partial charge in [0.05, 0.1) is 0 Å². The Labute approximate surface area is 174 Å². The van der Waals surface area contributed by atoms with E-state index in [1.165, 1.54) is 58.0 Å². The van der Waals surface area contributed by atoms with Gasteiger partial charge in [-0.25, -0.2) is 0 Å². The third kappa shape index (κ3) is 18.3. The Bertz CT molecular complexity index is 368. The zero-order chi connectivity index (χ0) is 20.9. The molecule has 28 heavy (non-hydrogen) atoms. The molecular weight excluding hydrogens is 352 g/mol. The third-order valence-corrected chi connectivity index (χ3v) is 4.95. The lowest BCUT2D eigenvalue weighted by atomic mass is 10.1. The summed E-state index contributed by atoms with van der Waals surface area (Å²) in [5.74, 6) is -0.301. The Morgan fingerprint density at radius 3 is 1.71 bits per heavy atom. The van der Waals surface area contributed by atoms with E-state index in [1.807, 2.05) is 0 Å². The van der Waals surface area contributed by atoms with Gasteiger partial charge in [-0.2, -0.15) is 0 Å². The van der Waals surface area contributed by atoms with Crippen molar-refractivity contribution < 1.29 is 19.1 Å². The van der Waals surface area contributed by atoms with Crippen molar-refractivity contribution in [2.45, 2.75) is 136 Å². The minimum atomic E-state index is -0.181. The molecule has 0 aliphatic carbocycles. The third-order valence-electron chi connectivity index (χ3n) is 4.95.